The van der Waals surface area contributed by atoms with Gasteiger partial charge in [-0.3, -0.25) is 33.2 Å². The number of amides is 6. The number of nitrogens with zero attached hydrogens (tertiary/aromatic N) is 1. The number of nitrogens with one attached hydrogen (secondary N) is 4. The molecule has 3 heterocycles. The SMILES string of the molecule is Nc1c(S(=O)(=O)O)cc2c3c(cc(S(=O)(=O)O)cc13)C(=O)N(CCCCCNC(=O)C(N)CCCCNC(=O)CCCCC1SCC3NC(=O)NC31)C2=O. The molecule has 3 aliphatic heterocycles. The van der Waals surface area contributed by atoms with Gasteiger partial charge in [-0.15, -0.1) is 0 Å². The Bertz CT molecular complexity index is 2020. The highest BCUT2D eigenvalue weighted by atomic mass is 32.2. The Hall–Kier alpha value is -4.02. The molecule has 2 aromatic rings. The number of hydrogen-bond donors (Lipinski definition) is 8. The van der Waals surface area contributed by atoms with Gasteiger partial charge in [0.1, 0.15) is 4.90 Å². The highest BCUT2D eigenvalue weighted by Crippen LogP contribution is 2.39. The van der Waals surface area contributed by atoms with Crippen molar-refractivity contribution in [3.05, 3.63) is 29.3 Å². The van der Waals surface area contributed by atoms with E-state index in [1.165, 1.54) is 0 Å². The summed E-state index contributed by atoms with van der Waals surface area (Å²) in [6.07, 6.45) is 5.96. The number of nitrogen functional groups attached to an aromatic ring is 1. The summed E-state index contributed by atoms with van der Waals surface area (Å²) >= 11 is 1.85. The number of unbranched alkanes of at least 4 members (excludes halogenated alkanes) is 4. The average molecular weight is 812 g/mol. The number of thioether (sulfide) groups is 1. The Kier molecular flexibility index (Phi) is 13.1. The Morgan fingerprint density at radius 2 is 1.57 bits per heavy atom. The van der Waals surface area contributed by atoms with Gasteiger partial charge in [0, 0.05) is 47.8 Å². The van der Waals surface area contributed by atoms with Gasteiger partial charge in [-0.1, -0.05) is 6.42 Å². The van der Waals surface area contributed by atoms with Gasteiger partial charge in [0.15, 0.2) is 0 Å². The summed E-state index contributed by atoms with van der Waals surface area (Å²) in [6, 6.07) is 2.02. The monoisotopic (exact) mass is 811 g/mol. The van der Waals surface area contributed by atoms with Gasteiger partial charge >= 0.3 is 6.03 Å². The summed E-state index contributed by atoms with van der Waals surface area (Å²) in [5, 5.41) is 11.5. The maximum atomic E-state index is 13.4. The lowest BCUT2D eigenvalue weighted by atomic mass is 9.93. The van der Waals surface area contributed by atoms with Crippen molar-refractivity contribution in [3.63, 3.8) is 0 Å². The van der Waals surface area contributed by atoms with Crippen LogP contribution in [0.15, 0.2) is 28.0 Å². The number of fused-ring (bicyclic) bond motifs is 1. The van der Waals surface area contributed by atoms with E-state index in [1.54, 1.807) is 0 Å². The Labute approximate surface area is 316 Å². The molecule has 2 saturated heterocycles. The van der Waals surface area contributed by atoms with E-state index in [0.29, 0.717) is 50.3 Å². The molecule has 0 aliphatic carbocycles. The van der Waals surface area contributed by atoms with Crippen LogP contribution in [0.5, 0.6) is 0 Å². The van der Waals surface area contributed by atoms with Crippen molar-refractivity contribution in [1.82, 2.24) is 26.2 Å². The molecule has 0 bridgehead atoms. The molecule has 18 nitrogen and oxygen atoms in total. The largest absolute Gasteiger partial charge is 0.397 e. The van der Waals surface area contributed by atoms with Crippen molar-refractivity contribution in [2.24, 2.45) is 5.73 Å². The quantitative estimate of drug-likeness (QED) is 0.0325. The normalized spacial score (nSPS) is 20.1. The van der Waals surface area contributed by atoms with Crippen LogP contribution in [-0.4, -0.2) is 109 Å². The van der Waals surface area contributed by atoms with E-state index in [0.717, 1.165) is 48.1 Å². The van der Waals surface area contributed by atoms with Crippen LogP contribution in [0, 0.1) is 0 Å². The van der Waals surface area contributed by atoms with Crippen molar-refractivity contribution < 1.29 is 49.9 Å². The predicted molar refractivity (Wildman–Crippen MR) is 199 cm³/mol. The number of benzene rings is 2. The summed E-state index contributed by atoms with van der Waals surface area (Å²) in [7, 11) is -9.86. The minimum absolute atomic E-state index is 0.0243. The van der Waals surface area contributed by atoms with Crippen molar-refractivity contribution >= 4 is 78.1 Å². The molecule has 2 fully saturated rings. The molecule has 4 unspecified atom stereocenters. The van der Waals surface area contributed by atoms with Crippen molar-refractivity contribution in [2.45, 2.75) is 97.4 Å². The minimum Gasteiger partial charge on any atom is -0.397 e. The van der Waals surface area contributed by atoms with Crippen LogP contribution >= 0.6 is 11.8 Å². The third kappa shape index (κ3) is 9.61. The molecule has 296 valence electrons. The second-order valence-electron chi connectivity index (χ2n) is 13.6. The summed E-state index contributed by atoms with van der Waals surface area (Å²) < 4.78 is 67.3. The molecule has 0 radical (unpaired) electrons. The second kappa shape index (κ2) is 17.2. The number of anilines is 1. The van der Waals surface area contributed by atoms with Crippen LogP contribution in [0.1, 0.15) is 84.9 Å². The lowest BCUT2D eigenvalue weighted by Crippen LogP contribution is -2.41. The maximum absolute atomic E-state index is 13.4. The first kappa shape index (κ1) is 41.1. The van der Waals surface area contributed by atoms with E-state index in [2.05, 4.69) is 21.3 Å². The molecule has 3 aliphatic rings. The third-order valence-corrected chi connectivity index (χ3v) is 13.0. The van der Waals surface area contributed by atoms with E-state index in [-0.39, 0.29) is 71.3 Å². The molecule has 6 amide bonds. The zero-order valence-electron chi connectivity index (χ0n) is 29.3. The highest BCUT2D eigenvalue weighted by Gasteiger charge is 2.42. The Balaban J connectivity index is 0.982. The zero-order valence-corrected chi connectivity index (χ0v) is 31.8. The molecule has 10 N–H and O–H groups in total. The van der Waals surface area contributed by atoms with Crippen molar-refractivity contribution in [1.29, 1.82) is 0 Å². The molecule has 21 heteroatoms. The summed E-state index contributed by atoms with van der Waals surface area (Å²) in [5.74, 6) is -1.22. The van der Waals surface area contributed by atoms with Crippen LogP contribution in [-0.2, 0) is 29.8 Å². The number of carbonyl (C=O) groups is 5. The first-order valence-electron chi connectivity index (χ1n) is 17.7. The molecular weight excluding hydrogens is 767 g/mol. The van der Waals surface area contributed by atoms with Crippen LogP contribution in [0.2, 0.25) is 0 Å². The zero-order chi connectivity index (χ0) is 39.4. The van der Waals surface area contributed by atoms with Gasteiger partial charge in [-0.05, 0) is 69.6 Å². The van der Waals surface area contributed by atoms with Crippen LogP contribution in [0.4, 0.5) is 10.5 Å². The number of carbonyl (C=O) groups excluding carboxylic acids is 5. The maximum Gasteiger partial charge on any atom is 0.315 e. The number of nitrogens with two attached hydrogens (primary N) is 2. The average Bonchev–Trinajstić information content (AvgIpc) is 3.66. The van der Waals surface area contributed by atoms with E-state index < -0.39 is 53.6 Å². The van der Waals surface area contributed by atoms with Gasteiger partial charge < -0.3 is 32.7 Å². The standard InChI is InChI=1S/C33H45N7O11S3/c34-22(8-4-6-11-36-26(41)10-3-2-9-24-29-23(17-52-24)38-33(45)39-29)30(42)37-12-5-1-7-13-40-31(43)20-15-18(53(46,47)48)14-19-27(20)21(32(40)44)16-25(28(19)35)54(49,50)51/h14-16,22-24,29H,1-13,17,34-35H2,(H,36,41)(H,37,42)(H2,38,39,45)(H,46,47,48)(H,49,50,51). The van der Waals surface area contributed by atoms with E-state index in [9.17, 15) is 49.9 Å². The number of rotatable bonds is 19. The molecule has 2 aromatic carbocycles. The predicted octanol–water partition coefficient (Wildman–Crippen LogP) is 1.14. The number of urea groups is 1. The Morgan fingerprint density at radius 1 is 0.889 bits per heavy atom. The molecular formula is C33H45N7O11S3. The molecule has 5 rings (SSSR count). The van der Waals surface area contributed by atoms with Crippen LogP contribution in [0.3, 0.4) is 0 Å². The van der Waals surface area contributed by atoms with Crippen LogP contribution in [0.25, 0.3) is 10.8 Å². The summed E-state index contributed by atoms with van der Waals surface area (Å²) in [4.78, 5) is 62.1. The summed E-state index contributed by atoms with van der Waals surface area (Å²) in [6.45, 7) is 0.615. The fraction of sp³-hybridized carbons (Fsp3) is 0.545. The lowest BCUT2D eigenvalue weighted by molar-refractivity contribution is -0.123. The molecule has 0 spiro atoms. The Morgan fingerprint density at radius 3 is 2.28 bits per heavy atom. The van der Waals surface area contributed by atoms with Gasteiger partial charge in [-0.2, -0.15) is 28.6 Å². The second-order valence-corrected chi connectivity index (χ2v) is 17.7. The third-order valence-electron chi connectivity index (χ3n) is 9.78. The van der Waals surface area contributed by atoms with E-state index in [1.807, 2.05) is 11.8 Å². The van der Waals surface area contributed by atoms with Gasteiger partial charge in [0.05, 0.1) is 39.8 Å². The fourth-order valence-electron chi connectivity index (χ4n) is 6.94. The topological polar surface area (TPSA) is 297 Å². The lowest BCUT2D eigenvalue weighted by Gasteiger charge is -2.28. The molecule has 0 saturated carbocycles. The van der Waals surface area contributed by atoms with Gasteiger partial charge in [0.2, 0.25) is 11.8 Å². The molecule has 4 atom stereocenters. The van der Waals surface area contributed by atoms with Gasteiger partial charge in [0.25, 0.3) is 32.1 Å². The first-order valence-corrected chi connectivity index (χ1v) is 21.6. The smallest absolute Gasteiger partial charge is 0.315 e. The first-order chi connectivity index (χ1) is 25.5. The van der Waals surface area contributed by atoms with Crippen molar-refractivity contribution in [3.8, 4) is 0 Å². The summed E-state index contributed by atoms with van der Waals surface area (Å²) in [5.41, 5.74) is 10.7. The fourth-order valence-corrected chi connectivity index (χ4v) is 9.67. The van der Waals surface area contributed by atoms with E-state index >= 15 is 0 Å². The van der Waals surface area contributed by atoms with E-state index in [4.69, 9.17) is 11.5 Å². The van der Waals surface area contributed by atoms with Gasteiger partial charge in [-0.25, -0.2) is 4.79 Å². The minimum atomic E-state index is -4.97. The van der Waals surface area contributed by atoms with Crippen molar-refractivity contribution in [2.75, 3.05) is 31.1 Å². The number of hydrogen-bond acceptors (Lipinski definition) is 12. The highest BCUT2D eigenvalue weighted by molar-refractivity contribution is 8.00. The molecule has 54 heavy (non-hydrogen) atoms. The molecule has 0 aromatic heterocycles. The number of imide groups is 1. The van der Waals surface area contributed by atoms with Crippen LogP contribution < -0.4 is 32.7 Å².